The maximum atomic E-state index is 8.70. The van der Waals surface area contributed by atoms with Gasteiger partial charge in [-0.25, -0.2) is 0 Å². The third kappa shape index (κ3) is 1.60. The van der Waals surface area contributed by atoms with E-state index in [1.807, 2.05) is 25.1 Å². The summed E-state index contributed by atoms with van der Waals surface area (Å²) in [6.45, 7) is 2.08. The quantitative estimate of drug-likeness (QED) is 0.749. The minimum atomic E-state index is -0.318. The summed E-state index contributed by atoms with van der Waals surface area (Å²) < 4.78 is 10.9. The van der Waals surface area contributed by atoms with E-state index in [-0.39, 0.29) is 12.9 Å². The zero-order valence-electron chi connectivity index (χ0n) is 7.49. The fraction of sp³-hybridized carbons (Fsp3) is 0.400. The number of hydrogen-bond donors (Lipinski definition) is 1. The molecule has 3 heteroatoms. The van der Waals surface area contributed by atoms with Crippen LogP contribution in [0.4, 0.5) is 0 Å². The number of benzene rings is 1. The molecule has 0 fully saturated rings. The van der Waals surface area contributed by atoms with E-state index in [0.717, 1.165) is 17.1 Å². The van der Waals surface area contributed by atoms with Gasteiger partial charge < -0.3 is 14.6 Å². The molecule has 0 saturated carbocycles. The van der Waals surface area contributed by atoms with E-state index in [9.17, 15) is 0 Å². The predicted molar refractivity (Wildman–Crippen MR) is 47.9 cm³/mol. The zero-order chi connectivity index (χ0) is 9.26. The smallest absolute Gasteiger partial charge is 0.243 e. The Morgan fingerprint density at radius 2 is 2.08 bits per heavy atom. The van der Waals surface area contributed by atoms with Gasteiger partial charge in [0.15, 0.2) is 11.5 Å². The number of aryl methyl sites for hydroxylation is 1. The number of hydrogen-bond acceptors (Lipinski definition) is 3. The standard InChI is InChI=1S/C10H12O3/c1-7-2-3-8-9(6-7)13-10(12-8)4-5-11/h2-3,6,10-11H,4-5H2,1H3. The van der Waals surface area contributed by atoms with Crippen molar-refractivity contribution in [1.82, 2.24) is 0 Å². The monoisotopic (exact) mass is 180 g/mol. The molecule has 0 amide bonds. The van der Waals surface area contributed by atoms with Crippen molar-refractivity contribution >= 4 is 0 Å². The van der Waals surface area contributed by atoms with E-state index in [1.54, 1.807) is 0 Å². The fourth-order valence-corrected chi connectivity index (χ4v) is 1.34. The lowest BCUT2D eigenvalue weighted by Gasteiger charge is -2.06. The molecule has 0 radical (unpaired) electrons. The molecule has 0 spiro atoms. The summed E-state index contributed by atoms with van der Waals surface area (Å²) >= 11 is 0. The van der Waals surface area contributed by atoms with Crippen LogP contribution in [-0.2, 0) is 0 Å². The Bertz CT molecular complexity index is 309. The van der Waals surface area contributed by atoms with E-state index in [2.05, 4.69) is 0 Å². The van der Waals surface area contributed by atoms with Gasteiger partial charge in [-0.2, -0.15) is 0 Å². The summed E-state index contributed by atoms with van der Waals surface area (Å²) in [5.41, 5.74) is 1.15. The fourth-order valence-electron chi connectivity index (χ4n) is 1.34. The lowest BCUT2D eigenvalue weighted by atomic mass is 10.2. The second-order valence-electron chi connectivity index (χ2n) is 3.13. The molecule has 0 aromatic heterocycles. The summed E-state index contributed by atoms with van der Waals surface area (Å²) in [6.07, 6.45) is 0.190. The van der Waals surface area contributed by atoms with Crippen LogP contribution in [0, 0.1) is 6.92 Å². The van der Waals surface area contributed by atoms with E-state index < -0.39 is 0 Å². The highest BCUT2D eigenvalue weighted by Crippen LogP contribution is 2.35. The minimum absolute atomic E-state index is 0.0810. The largest absolute Gasteiger partial charge is 0.451 e. The number of rotatable bonds is 2. The Morgan fingerprint density at radius 1 is 1.31 bits per heavy atom. The molecule has 0 saturated heterocycles. The highest BCUT2D eigenvalue weighted by atomic mass is 16.7. The van der Waals surface area contributed by atoms with Crippen LogP contribution in [0.3, 0.4) is 0 Å². The second kappa shape index (κ2) is 3.26. The van der Waals surface area contributed by atoms with Crippen molar-refractivity contribution in [2.45, 2.75) is 19.6 Å². The third-order valence-electron chi connectivity index (χ3n) is 1.98. The van der Waals surface area contributed by atoms with Crippen molar-refractivity contribution in [2.75, 3.05) is 6.61 Å². The van der Waals surface area contributed by atoms with Crippen molar-refractivity contribution in [2.24, 2.45) is 0 Å². The normalized spacial score (nSPS) is 19.1. The van der Waals surface area contributed by atoms with Gasteiger partial charge in [0.1, 0.15) is 0 Å². The minimum Gasteiger partial charge on any atom is -0.451 e. The van der Waals surface area contributed by atoms with Crippen LogP contribution >= 0.6 is 0 Å². The Labute approximate surface area is 76.9 Å². The van der Waals surface area contributed by atoms with Crippen LogP contribution in [0.2, 0.25) is 0 Å². The van der Waals surface area contributed by atoms with Crippen LogP contribution in [0.25, 0.3) is 0 Å². The zero-order valence-corrected chi connectivity index (χ0v) is 7.49. The first-order chi connectivity index (χ1) is 6.29. The molecule has 0 aliphatic carbocycles. The summed E-state index contributed by atoms with van der Waals surface area (Å²) in [7, 11) is 0. The summed E-state index contributed by atoms with van der Waals surface area (Å²) in [5, 5.41) is 8.70. The van der Waals surface area contributed by atoms with Gasteiger partial charge in [-0.3, -0.25) is 0 Å². The van der Waals surface area contributed by atoms with Crippen molar-refractivity contribution in [3.63, 3.8) is 0 Å². The molecule has 70 valence electrons. The number of fused-ring (bicyclic) bond motifs is 1. The van der Waals surface area contributed by atoms with Gasteiger partial charge in [0, 0.05) is 6.42 Å². The topological polar surface area (TPSA) is 38.7 Å². The van der Waals surface area contributed by atoms with Gasteiger partial charge in [0.05, 0.1) is 6.61 Å². The first-order valence-electron chi connectivity index (χ1n) is 4.34. The van der Waals surface area contributed by atoms with Gasteiger partial charge in [0.2, 0.25) is 6.29 Å². The summed E-state index contributed by atoms with van der Waals surface area (Å²) in [6, 6.07) is 5.80. The first kappa shape index (κ1) is 8.38. The van der Waals surface area contributed by atoms with E-state index >= 15 is 0 Å². The van der Waals surface area contributed by atoms with Gasteiger partial charge in [-0.15, -0.1) is 0 Å². The van der Waals surface area contributed by atoms with Gasteiger partial charge in [-0.1, -0.05) is 6.07 Å². The van der Waals surface area contributed by atoms with Gasteiger partial charge in [0.25, 0.3) is 0 Å². The van der Waals surface area contributed by atoms with Crippen LogP contribution in [0.1, 0.15) is 12.0 Å². The van der Waals surface area contributed by atoms with Gasteiger partial charge in [-0.05, 0) is 24.6 Å². The lowest BCUT2D eigenvalue weighted by molar-refractivity contribution is 0.0271. The van der Waals surface area contributed by atoms with Crippen molar-refractivity contribution in [3.05, 3.63) is 23.8 Å². The first-order valence-corrected chi connectivity index (χ1v) is 4.34. The molecule has 1 aliphatic rings. The van der Waals surface area contributed by atoms with E-state index in [4.69, 9.17) is 14.6 Å². The van der Waals surface area contributed by atoms with Crippen molar-refractivity contribution in [3.8, 4) is 11.5 Å². The van der Waals surface area contributed by atoms with Crippen LogP contribution < -0.4 is 9.47 Å². The molecule has 1 atom stereocenters. The molecule has 13 heavy (non-hydrogen) atoms. The molecule has 2 rings (SSSR count). The average Bonchev–Trinajstić information content (AvgIpc) is 2.46. The molecular weight excluding hydrogens is 168 g/mol. The molecule has 1 heterocycles. The SMILES string of the molecule is Cc1ccc2c(c1)OC(CCO)O2. The molecule has 1 aromatic carbocycles. The molecular formula is C10H12O3. The third-order valence-corrected chi connectivity index (χ3v) is 1.98. The Balaban J connectivity index is 2.16. The Kier molecular flexibility index (Phi) is 2.10. The number of aliphatic hydroxyl groups excluding tert-OH is 1. The average molecular weight is 180 g/mol. The number of ether oxygens (including phenoxy) is 2. The highest BCUT2D eigenvalue weighted by molar-refractivity contribution is 5.44. The highest BCUT2D eigenvalue weighted by Gasteiger charge is 2.22. The molecule has 0 bridgehead atoms. The maximum absolute atomic E-state index is 8.70. The number of aliphatic hydroxyl groups is 1. The second-order valence-corrected chi connectivity index (χ2v) is 3.13. The van der Waals surface area contributed by atoms with Crippen LogP contribution in [-0.4, -0.2) is 18.0 Å². The maximum Gasteiger partial charge on any atom is 0.243 e. The Morgan fingerprint density at radius 3 is 2.85 bits per heavy atom. The van der Waals surface area contributed by atoms with Gasteiger partial charge >= 0.3 is 0 Å². The lowest BCUT2D eigenvalue weighted by Crippen LogP contribution is -2.19. The summed E-state index contributed by atoms with van der Waals surface area (Å²) in [5.74, 6) is 1.54. The molecule has 1 aromatic rings. The Hall–Kier alpha value is -1.22. The molecule has 1 aliphatic heterocycles. The van der Waals surface area contributed by atoms with Crippen LogP contribution in [0.5, 0.6) is 11.5 Å². The van der Waals surface area contributed by atoms with E-state index in [1.165, 1.54) is 0 Å². The molecule has 1 unspecified atom stereocenters. The molecule has 3 nitrogen and oxygen atoms in total. The predicted octanol–water partition coefficient (Wildman–Crippen LogP) is 1.47. The molecule has 1 N–H and O–H groups in total. The van der Waals surface area contributed by atoms with Crippen molar-refractivity contribution in [1.29, 1.82) is 0 Å². The van der Waals surface area contributed by atoms with E-state index in [0.29, 0.717) is 6.42 Å². The van der Waals surface area contributed by atoms with Crippen LogP contribution in [0.15, 0.2) is 18.2 Å². The summed E-state index contributed by atoms with van der Waals surface area (Å²) in [4.78, 5) is 0. The van der Waals surface area contributed by atoms with Crippen molar-refractivity contribution < 1.29 is 14.6 Å².